The summed E-state index contributed by atoms with van der Waals surface area (Å²) in [6, 6.07) is 18.2. The summed E-state index contributed by atoms with van der Waals surface area (Å²) in [5.41, 5.74) is 4.61. The molecule has 2 fully saturated rings. The second kappa shape index (κ2) is 12.3. The van der Waals surface area contributed by atoms with Gasteiger partial charge < -0.3 is 15.5 Å². The minimum Gasteiger partial charge on any atom is -0.372 e. The SMILES string of the molecule is CN1CCCCC1c1cc2cnc(Nc3ccc(N(C)C4CCNCC4)cc3)nc2n(C2C(=O)Cc3ccccc3C2(C)C)c1=O. The summed E-state index contributed by atoms with van der Waals surface area (Å²) in [6.45, 7) is 7.19. The molecule has 2 aromatic heterocycles. The van der Waals surface area contributed by atoms with Gasteiger partial charge in [-0.05, 0) is 93.8 Å². The van der Waals surface area contributed by atoms with E-state index in [4.69, 9.17) is 9.97 Å². The number of ketones is 1. The standard InChI is InChI=1S/C37H45N7O2/c1-37(2)30-10-6-5-9-24(30)22-32(45)33(37)44-34-25(21-29(35(44)46)31-11-7-8-20-42(31)3)23-39-36(41-34)40-26-12-14-27(15-13-26)43(4)28-16-18-38-19-17-28/h5-6,9-10,12-15,21,23,28,31,33,38H,7-8,11,16-20,22H2,1-4H3,(H,39,40,41). The number of likely N-dealkylation sites (tertiary alicyclic amines) is 1. The zero-order valence-corrected chi connectivity index (χ0v) is 27.4. The molecule has 0 radical (unpaired) electrons. The van der Waals surface area contributed by atoms with Gasteiger partial charge in [0, 0.05) is 59.5 Å². The average molecular weight is 620 g/mol. The number of pyridine rings is 1. The number of rotatable bonds is 6. The molecule has 240 valence electrons. The molecule has 0 amide bonds. The van der Waals surface area contributed by atoms with Crippen LogP contribution in [0, 0.1) is 0 Å². The minimum absolute atomic E-state index is 0.00897. The van der Waals surface area contributed by atoms with E-state index in [0.717, 1.165) is 79.5 Å². The van der Waals surface area contributed by atoms with Crippen molar-refractivity contribution >= 4 is 34.1 Å². The van der Waals surface area contributed by atoms with Crippen molar-refractivity contribution in [2.45, 2.75) is 75.9 Å². The van der Waals surface area contributed by atoms with Crippen molar-refractivity contribution in [1.82, 2.24) is 24.8 Å². The molecule has 4 aromatic rings. The van der Waals surface area contributed by atoms with Gasteiger partial charge in [-0.25, -0.2) is 4.98 Å². The summed E-state index contributed by atoms with van der Waals surface area (Å²) in [7, 11) is 4.25. The Hall–Kier alpha value is -4.08. The maximum absolute atomic E-state index is 14.7. The van der Waals surface area contributed by atoms with Crippen molar-refractivity contribution < 1.29 is 4.79 Å². The third kappa shape index (κ3) is 5.49. The van der Waals surface area contributed by atoms with Gasteiger partial charge in [0.2, 0.25) is 5.95 Å². The Balaban J connectivity index is 1.29. The van der Waals surface area contributed by atoms with Gasteiger partial charge in [0.15, 0.2) is 5.78 Å². The number of aromatic nitrogens is 3. The number of piperidine rings is 2. The van der Waals surface area contributed by atoms with E-state index < -0.39 is 11.5 Å². The van der Waals surface area contributed by atoms with Crippen LogP contribution < -0.4 is 21.1 Å². The molecule has 46 heavy (non-hydrogen) atoms. The fraction of sp³-hybridized carbons (Fsp3) is 0.459. The molecular formula is C37H45N7O2. The van der Waals surface area contributed by atoms with Crippen LogP contribution in [0.1, 0.15) is 74.7 Å². The van der Waals surface area contributed by atoms with Crippen molar-refractivity contribution in [3.05, 3.63) is 87.8 Å². The Morgan fingerprint density at radius 2 is 1.76 bits per heavy atom. The number of Topliss-reactive ketones (excluding diaryl/α,β-unsaturated/α-hetero) is 1. The van der Waals surface area contributed by atoms with Crippen LogP contribution in [0.2, 0.25) is 0 Å². The molecule has 0 spiro atoms. The number of hydrogen-bond acceptors (Lipinski definition) is 8. The minimum atomic E-state index is -0.696. The Morgan fingerprint density at radius 3 is 2.52 bits per heavy atom. The number of nitrogens with one attached hydrogen (secondary N) is 2. The number of hydrogen-bond donors (Lipinski definition) is 2. The summed E-state index contributed by atoms with van der Waals surface area (Å²) in [6.07, 6.45) is 7.44. The van der Waals surface area contributed by atoms with Gasteiger partial charge in [-0.3, -0.25) is 19.1 Å². The quantitative estimate of drug-likeness (QED) is 0.291. The van der Waals surface area contributed by atoms with Crippen molar-refractivity contribution in [3.63, 3.8) is 0 Å². The van der Waals surface area contributed by atoms with Crippen LogP contribution in [0.4, 0.5) is 17.3 Å². The lowest BCUT2D eigenvalue weighted by Crippen LogP contribution is -2.47. The topological polar surface area (TPSA) is 95.4 Å². The molecule has 9 nitrogen and oxygen atoms in total. The predicted molar refractivity (Wildman–Crippen MR) is 184 cm³/mol. The molecule has 2 saturated heterocycles. The highest BCUT2D eigenvalue weighted by Gasteiger charge is 2.44. The zero-order valence-electron chi connectivity index (χ0n) is 27.4. The fourth-order valence-corrected chi connectivity index (χ4v) is 8.07. The Morgan fingerprint density at radius 1 is 1.00 bits per heavy atom. The van der Waals surface area contributed by atoms with Crippen LogP contribution in [-0.4, -0.2) is 65.0 Å². The summed E-state index contributed by atoms with van der Waals surface area (Å²) in [4.78, 5) is 43.0. The van der Waals surface area contributed by atoms with E-state index in [9.17, 15) is 9.59 Å². The van der Waals surface area contributed by atoms with Crippen molar-refractivity contribution in [3.8, 4) is 0 Å². The highest BCUT2D eigenvalue weighted by molar-refractivity contribution is 5.91. The first kappa shape index (κ1) is 30.6. The first-order chi connectivity index (χ1) is 22.2. The normalized spacial score (nSPS) is 22.0. The molecule has 2 aliphatic heterocycles. The van der Waals surface area contributed by atoms with Gasteiger partial charge in [-0.2, -0.15) is 4.98 Å². The zero-order chi connectivity index (χ0) is 32.0. The summed E-state index contributed by atoms with van der Waals surface area (Å²) >= 11 is 0. The smallest absolute Gasteiger partial charge is 0.257 e. The lowest BCUT2D eigenvalue weighted by atomic mass is 9.68. The van der Waals surface area contributed by atoms with Gasteiger partial charge in [-0.15, -0.1) is 0 Å². The largest absolute Gasteiger partial charge is 0.372 e. The summed E-state index contributed by atoms with van der Waals surface area (Å²) in [5, 5.41) is 7.57. The maximum atomic E-state index is 14.7. The highest BCUT2D eigenvalue weighted by atomic mass is 16.1. The number of anilines is 3. The predicted octanol–water partition coefficient (Wildman–Crippen LogP) is 5.52. The highest BCUT2D eigenvalue weighted by Crippen LogP contribution is 2.43. The van der Waals surface area contributed by atoms with Crippen molar-refractivity contribution in [1.29, 1.82) is 0 Å². The first-order valence-electron chi connectivity index (χ1n) is 16.8. The average Bonchev–Trinajstić information content (AvgIpc) is 3.06. The van der Waals surface area contributed by atoms with Crippen LogP contribution in [0.15, 0.2) is 65.6 Å². The molecule has 9 heteroatoms. The van der Waals surface area contributed by atoms with E-state index in [-0.39, 0.29) is 17.4 Å². The van der Waals surface area contributed by atoms with E-state index in [0.29, 0.717) is 24.1 Å². The molecule has 0 saturated carbocycles. The van der Waals surface area contributed by atoms with E-state index in [2.05, 4.69) is 66.6 Å². The van der Waals surface area contributed by atoms with E-state index in [1.54, 1.807) is 10.8 Å². The Labute approximate surface area is 271 Å². The second-order valence-electron chi connectivity index (χ2n) is 13.9. The number of carbonyl (C=O) groups is 1. The van der Waals surface area contributed by atoms with Crippen LogP contribution in [0.25, 0.3) is 11.0 Å². The molecule has 0 bridgehead atoms. The lowest BCUT2D eigenvalue weighted by Gasteiger charge is -2.41. The van der Waals surface area contributed by atoms with Gasteiger partial charge >= 0.3 is 0 Å². The van der Waals surface area contributed by atoms with Crippen molar-refractivity contribution in [2.75, 3.05) is 43.9 Å². The molecule has 7 rings (SSSR count). The monoisotopic (exact) mass is 619 g/mol. The van der Waals surface area contributed by atoms with Crippen LogP contribution in [0.5, 0.6) is 0 Å². The van der Waals surface area contributed by atoms with E-state index >= 15 is 0 Å². The van der Waals surface area contributed by atoms with Crippen molar-refractivity contribution in [2.24, 2.45) is 0 Å². The Kier molecular flexibility index (Phi) is 8.15. The number of benzene rings is 2. The van der Waals surface area contributed by atoms with E-state index in [1.165, 1.54) is 5.69 Å². The molecule has 1 aliphatic carbocycles. The van der Waals surface area contributed by atoms with Gasteiger partial charge in [-0.1, -0.05) is 44.5 Å². The number of carbonyl (C=O) groups excluding carboxylic acids is 1. The van der Waals surface area contributed by atoms with Gasteiger partial charge in [0.1, 0.15) is 11.7 Å². The molecule has 2 unspecified atom stereocenters. The second-order valence-corrected chi connectivity index (χ2v) is 13.9. The fourth-order valence-electron chi connectivity index (χ4n) is 8.07. The van der Waals surface area contributed by atoms with Crippen LogP contribution in [0.3, 0.4) is 0 Å². The van der Waals surface area contributed by atoms with Gasteiger partial charge in [0.05, 0.1) is 0 Å². The number of fused-ring (bicyclic) bond motifs is 2. The summed E-state index contributed by atoms with van der Waals surface area (Å²) < 4.78 is 1.70. The third-order valence-electron chi connectivity index (χ3n) is 10.6. The maximum Gasteiger partial charge on any atom is 0.257 e. The van der Waals surface area contributed by atoms with Crippen LogP contribution >= 0.6 is 0 Å². The van der Waals surface area contributed by atoms with E-state index in [1.807, 2.05) is 36.4 Å². The van der Waals surface area contributed by atoms with Gasteiger partial charge in [0.25, 0.3) is 5.56 Å². The molecule has 3 aliphatic rings. The van der Waals surface area contributed by atoms with Crippen LogP contribution in [-0.2, 0) is 16.6 Å². The Bertz CT molecular complexity index is 1810. The first-order valence-corrected chi connectivity index (χ1v) is 16.8. The molecule has 2 atom stereocenters. The molecule has 4 heterocycles. The third-order valence-corrected chi connectivity index (χ3v) is 10.6. The molecular weight excluding hydrogens is 574 g/mol. The molecule has 2 N–H and O–H groups in total. The lowest BCUT2D eigenvalue weighted by molar-refractivity contribution is -0.124. The summed E-state index contributed by atoms with van der Waals surface area (Å²) in [5.74, 6) is 0.423. The molecule has 2 aromatic carbocycles. The number of nitrogens with zero attached hydrogens (tertiary/aromatic N) is 5.